The Labute approximate surface area is 116 Å². The van der Waals surface area contributed by atoms with Gasteiger partial charge in [0.2, 0.25) is 0 Å². The van der Waals surface area contributed by atoms with E-state index in [0.717, 1.165) is 24.1 Å². The van der Waals surface area contributed by atoms with Crippen LogP contribution in [0.5, 0.6) is 5.75 Å². The third-order valence-electron chi connectivity index (χ3n) is 3.59. The maximum atomic E-state index is 12.2. The molecule has 5 nitrogen and oxygen atoms in total. The first-order chi connectivity index (χ1) is 9.65. The summed E-state index contributed by atoms with van der Waals surface area (Å²) in [5, 5.41) is 12.6. The molecule has 0 spiro atoms. The summed E-state index contributed by atoms with van der Waals surface area (Å²) < 4.78 is 0. The Bertz CT molecular complexity index is 670. The van der Waals surface area contributed by atoms with E-state index < -0.39 is 0 Å². The molecule has 102 valence electrons. The van der Waals surface area contributed by atoms with Crippen LogP contribution in [0.2, 0.25) is 0 Å². The molecule has 1 atom stereocenters. The second kappa shape index (κ2) is 4.85. The smallest absolute Gasteiger partial charge is 0.255 e. The van der Waals surface area contributed by atoms with Crippen molar-refractivity contribution in [2.45, 2.75) is 18.9 Å². The molecule has 1 unspecified atom stereocenters. The third kappa shape index (κ3) is 2.18. The average Bonchev–Trinajstić information content (AvgIpc) is 2.81. The van der Waals surface area contributed by atoms with Crippen LogP contribution in [0.25, 0.3) is 0 Å². The van der Waals surface area contributed by atoms with E-state index >= 15 is 0 Å². The number of nitrogen functional groups attached to an aromatic ring is 1. The molecule has 1 aromatic heterocycles. The van der Waals surface area contributed by atoms with Crippen LogP contribution in [0.4, 0.5) is 5.69 Å². The minimum atomic E-state index is -0.292. The van der Waals surface area contributed by atoms with Gasteiger partial charge in [-0.25, -0.2) is 0 Å². The number of benzene rings is 1. The summed E-state index contributed by atoms with van der Waals surface area (Å²) in [6.07, 6.45) is 4.49. The van der Waals surface area contributed by atoms with Gasteiger partial charge in [-0.05, 0) is 42.2 Å². The van der Waals surface area contributed by atoms with E-state index in [1.54, 1.807) is 0 Å². The van der Waals surface area contributed by atoms with E-state index in [-0.39, 0.29) is 23.3 Å². The Hall–Kier alpha value is -2.56. The van der Waals surface area contributed by atoms with Crippen LogP contribution in [0.1, 0.15) is 33.9 Å². The fraction of sp³-hybridized carbons (Fsp3) is 0.200. The summed E-state index contributed by atoms with van der Waals surface area (Å²) in [7, 11) is 0. The molecule has 3 rings (SSSR count). The van der Waals surface area contributed by atoms with Gasteiger partial charge in [-0.3, -0.25) is 9.78 Å². The largest absolute Gasteiger partial charge is 0.505 e. The first-order valence-electron chi connectivity index (χ1n) is 6.47. The number of carbonyl (C=O) groups is 1. The highest BCUT2D eigenvalue weighted by Gasteiger charge is 2.25. The normalized spacial score (nSPS) is 16.7. The van der Waals surface area contributed by atoms with Crippen molar-refractivity contribution >= 4 is 11.6 Å². The number of nitrogens with one attached hydrogen (secondary N) is 1. The molecule has 1 heterocycles. The van der Waals surface area contributed by atoms with Gasteiger partial charge in [0.15, 0.2) is 0 Å². The van der Waals surface area contributed by atoms with Crippen molar-refractivity contribution in [1.29, 1.82) is 0 Å². The number of rotatable bonds is 2. The molecule has 1 aliphatic carbocycles. The van der Waals surface area contributed by atoms with Crippen molar-refractivity contribution in [1.82, 2.24) is 10.3 Å². The number of nitrogens with zero attached hydrogens (tertiary/aromatic N) is 1. The van der Waals surface area contributed by atoms with E-state index in [4.69, 9.17) is 5.73 Å². The summed E-state index contributed by atoms with van der Waals surface area (Å²) in [6, 6.07) is 7.21. The van der Waals surface area contributed by atoms with E-state index in [1.165, 1.54) is 24.0 Å². The first kappa shape index (κ1) is 12.5. The number of fused-ring (bicyclic) bond motifs is 1. The zero-order valence-electron chi connectivity index (χ0n) is 10.8. The van der Waals surface area contributed by atoms with E-state index in [2.05, 4.69) is 10.3 Å². The highest BCUT2D eigenvalue weighted by atomic mass is 16.3. The molecule has 1 aliphatic rings. The number of hydrogen-bond acceptors (Lipinski definition) is 4. The maximum absolute atomic E-state index is 12.2. The zero-order valence-corrected chi connectivity index (χ0v) is 10.8. The van der Waals surface area contributed by atoms with Crippen molar-refractivity contribution in [3.05, 3.63) is 53.3 Å². The van der Waals surface area contributed by atoms with Crippen LogP contribution in [-0.2, 0) is 6.42 Å². The molecule has 0 saturated carbocycles. The molecular weight excluding hydrogens is 254 g/mol. The molecule has 1 amide bonds. The number of aryl methyl sites for hydroxylation is 1. The highest BCUT2D eigenvalue weighted by molar-refractivity contribution is 5.96. The monoisotopic (exact) mass is 269 g/mol. The predicted molar refractivity (Wildman–Crippen MR) is 75.3 cm³/mol. The number of pyridine rings is 1. The first-order valence-corrected chi connectivity index (χ1v) is 6.47. The van der Waals surface area contributed by atoms with Gasteiger partial charge in [0.05, 0.1) is 17.8 Å². The Morgan fingerprint density at radius 1 is 1.40 bits per heavy atom. The molecular formula is C15H15N3O2. The van der Waals surface area contributed by atoms with E-state index in [0.29, 0.717) is 0 Å². The van der Waals surface area contributed by atoms with Crippen molar-refractivity contribution in [3.8, 4) is 5.75 Å². The molecule has 5 heteroatoms. The standard InChI is InChI=1S/C15H15N3O2/c16-10-2-3-11-9(7-10)1-4-13(11)18-15(20)12-5-6-17-8-14(12)19/h2-3,5-8,13,19H,1,4,16H2,(H,18,20). The molecule has 4 N–H and O–H groups in total. The number of aromatic hydroxyl groups is 1. The molecule has 0 saturated heterocycles. The predicted octanol–water partition coefficient (Wildman–Crippen LogP) is 1.79. The number of aromatic nitrogens is 1. The van der Waals surface area contributed by atoms with Crippen LogP contribution in [0.3, 0.4) is 0 Å². The lowest BCUT2D eigenvalue weighted by Gasteiger charge is -2.14. The summed E-state index contributed by atoms with van der Waals surface area (Å²) in [6.45, 7) is 0. The van der Waals surface area contributed by atoms with Gasteiger partial charge in [-0.2, -0.15) is 0 Å². The minimum Gasteiger partial charge on any atom is -0.505 e. The molecule has 0 aliphatic heterocycles. The van der Waals surface area contributed by atoms with Crippen molar-refractivity contribution in [2.75, 3.05) is 5.73 Å². The topological polar surface area (TPSA) is 88.2 Å². The van der Waals surface area contributed by atoms with Gasteiger partial charge >= 0.3 is 0 Å². The van der Waals surface area contributed by atoms with E-state index in [9.17, 15) is 9.90 Å². The molecule has 0 radical (unpaired) electrons. The van der Waals surface area contributed by atoms with Gasteiger partial charge in [0.25, 0.3) is 5.91 Å². The number of hydrogen-bond donors (Lipinski definition) is 3. The second-order valence-electron chi connectivity index (χ2n) is 4.92. The van der Waals surface area contributed by atoms with Crippen molar-refractivity contribution in [2.24, 2.45) is 0 Å². The minimum absolute atomic E-state index is 0.0364. The van der Waals surface area contributed by atoms with Gasteiger partial charge in [-0.1, -0.05) is 6.07 Å². The lowest BCUT2D eigenvalue weighted by atomic mass is 10.1. The fourth-order valence-corrected chi connectivity index (χ4v) is 2.60. The number of carbonyl (C=O) groups excluding carboxylic acids is 1. The van der Waals surface area contributed by atoms with Gasteiger partial charge in [0.1, 0.15) is 5.75 Å². The van der Waals surface area contributed by atoms with E-state index in [1.807, 2.05) is 18.2 Å². The average molecular weight is 269 g/mol. The Morgan fingerprint density at radius 3 is 3.05 bits per heavy atom. The molecule has 0 fully saturated rings. The Morgan fingerprint density at radius 2 is 2.25 bits per heavy atom. The van der Waals surface area contributed by atoms with Crippen LogP contribution < -0.4 is 11.1 Å². The lowest BCUT2D eigenvalue weighted by molar-refractivity contribution is 0.0934. The van der Waals surface area contributed by atoms with Gasteiger partial charge < -0.3 is 16.2 Å². The summed E-state index contributed by atoms with van der Waals surface area (Å²) in [5.41, 5.74) is 9.01. The van der Waals surface area contributed by atoms with Crippen LogP contribution >= 0.6 is 0 Å². The maximum Gasteiger partial charge on any atom is 0.255 e. The molecule has 1 aromatic carbocycles. The summed E-state index contributed by atoms with van der Waals surface area (Å²) >= 11 is 0. The quantitative estimate of drug-likeness (QED) is 0.725. The summed E-state index contributed by atoms with van der Waals surface area (Å²) in [4.78, 5) is 15.9. The van der Waals surface area contributed by atoms with Crippen LogP contribution in [0, 0.1) is 0 Å². The SMILES string of the molecule is Nc1ccc2c(c1)CCC2NC(=O)c1ccncc1O. The van der Waals surface area contributed by atoms with Crippen molar-refractivity contribution < 1.29 is 9.90 Å². The molecule has 2 aromatic rings. The molecule has 20 heavy (non-hydrogen) atoms. The lowest BCUT2D eigenvalue weighted by Crippen LogP contribution is -2.27. The zero-order chi connectivity index (χ0) is 14.1. The Balaban J connectivity index is 1.81. The number of anilines is 1. The Kier molecular flexibility index (Phi) is 3.02. The second-order valence-corrected chi connectivity index (χ2v) is 4.92. The molecule has 0 bridgehead atoms. The number of nitrogens with two attached hydrogens (primary N) is 1. The van der Waals surface area contributed by atoms with Crippen molar-refractivity contribution in [3.63, 3.8) is 0 Å². The third-order valence-corrected chi connectivity index (χ3v) is 3.59. The van der Waals surface area contributed by atoms with Gasteiger partial charge in [-0.15, -0.1) is 0 Å². The highest BCUT2D eigenvalue weighted by Crippen LogP contribution is 2.32. The fourth-order valence-electron chi connectivity index (χ4n) is 2.60. The number of amides is 1. The summed E-state index contributed by atoms with van der Waals surface area (Å²) in [5.74, 6) is -0.403. The van der Waals surface area contributed by atoms with Crippen LogP contribution in [0.15, 0.2) is 36.7 Å². The van der Waals surface area contributed by atoms with Crippen LogP contribution in [-0.4, -0.2) is 16.0 Å². The van der Waals surface area contributed by atoms with Gasteiger partial charge in [0, 0.05) is 11.9 Å².